The highest BCUT2D eigenvalue weighted by Crippen LogP contribution is 2.14. The van der Waals surface area contributed by atoms with Crippen LogP contribution < -0.4 is 0 Å². The van der Waals surface area contributed by atoms with Gasteiger partial charge in [0.05, 0.1) is 13.2 Å². The van der Waals surface area contributed by atoms with Crippen LogP contribution in [0, 0.1) is 0 Å². The highest BCUT2D eigenvalue weighted by Gasteiger charge is 2.13. The van der Waals surface area contributed by atoms with Crippen molar-refractivity contribution < 1.29 is 19.4 Å². The van der Waals surface area contributed by atoms with E-state index in [0.717, 1.165) is 38.5 Å². The summed E-state index contributed by atoms with van der Waals surface area (Å²) in [6, 6.07) is 0. The van der Waals surface area contributed by atoms with Crippen LogP contribution in [-0.4, -0.2) is 37.0 Å². The van der Waals surface area contributed by atoms with Crippen LogP contribution in [-0.2, 0) is 14.3 Å². The zero-order chi connectivity index (χ0) is 35.6. The molecule has 0 spiro atoms. The summed E-state index contributed by atoms with van der Waals surface area (Å²) in [5.74, 6) is -0.211. The van der Waals surface area contributed by atoms with Crippen LogP contribution in [0.2, 0.25) is 0 Å². The Hall–Kier alpha value is -1.65. The molecular weight excluding hydrogens is 604 g/mol. The Morgan fingerprint density at radius 3 is 1.41 bits per heavy atom. The van der Waals surface area contributed by atoms with Crippen molar-refractivity contribution in [3.63, 3.8) is 0 Å². The van der Waals surface area contributed by atoms with E-state index in [1.807, 2.05) is 0 Å². The summed E-state index contributed by atoms with van der Waals surface area (Å²) >= 11 is 0. The molecule has 0 saturated carbocycles. The van der Waals surface area contributed by atoms with Crippen molar-refractivity contribution in [2.45, 2.75) is 213 Å². The number of carbonyl (C=O) groups is 1. The van der Waals surface area contributed by atoms with Crippen molar-refractivity contribution in [3.8, 4) is 0 Å². The molecule has 0 rings (SSSR count). The van der Waals surface area contributed by atoms with Gasteiger partial charge in [-0.3, -0.25) is 4.79 Å². The molecular formula is C45H82O4. The predicted molar refractivity (Wildman–Crippen MR) is 214 cm³/mol. The Morgan fingerprint density at radius 1 is 0.510 bits per heavy atom. The van der Waals surface area contributed by atoms with Crippen molar-refractivity contribution in [1.82, 2.24) is 0 Å². The van der Waals surface area contributed by atoms with Crippen LogP contribution in [0.25, 0.3) is 0 Å². The molecule has 0 aromatic carbocycles. The fourth-order valence-corrected chi connectivity index (χ4v) is 5.98. The first kappa shape index (κ1) is 47.4. The van der Waals surface area contributed by atoms with E-state index in [4.69, 9.17) is 9.47 Å². The fourth-order valence-electron chi connectivity index (χ4n) is 5.98. The highest BCUT2D eigenvalue weighted by molar-refractivity contribution is 5.69. The number of hydrogen-bond acceptors (Lipinski definition) is 4. The molecule has 1 unspecified atom stereocenters. The third-order valence-corrected chi connectivity index (χ3v) is 9.14. The molecule has 0 aliphatic carbocycles. The Kier molecular flexibility index (Phi) is 41.1. The summed E-state index contributed by atoms with van der Waals surface area (Å²) < 4.78 is 11.2. The minimum atomic E-state index is -0.540. The molecule has 0 aliphatic rings. The molecule has 4 nitrogen and oxygen atoms in total. The first-order valence-electron chi connectivity index (χ1n) is 21.2. The summed E-state index contributed by atoms with van der Waals surface area (Å²) in [7, 11) is 0. The van der Waals surface area contributed by atoms with Crippen LogP contribution in [0.4, 0.5) is 0 Å². The summed E-state index contributed by atoms with van der Waals surface area (Å²) in [6.45, 7) is 5.23. The third kappa shape index (κ3) is 40.7. The summed E-state index contributed by atoms with van der Waals surface area (Å²) in [5.41, 5.74) is 0. The first-order chi connectivity index (χ1) is 24.2. The maximum atomic E-state index is 12.2. The molecule has 0 radical (unpaired) electrons. The Balaban J connectivity index is 3.43. The molecule has 0 aliphatic heterocycles. The molecule has 0 fully saturated rings. The second-order valence-corrected chi connectivity index (χ2v) is 14.0. The van der Waals surface area contributed by atoms with Gasteiger partial charge in [0.2, 0.25) is 0 Å². The van der Waals surface area contributed by atoms with Gasteiger partial charge in [-0.25, -0.2) is 0 Å². The maximum absolute atomic E-state index is 12.2. The monoisotopic (exact) mass is 687 g/mol. The number of aliphatic hydroxyl groups excluding tert-OH is 1. The number of rotatable bonds is 39. The molecule has 4 heteroatoms. The predicted octanol–water partition coefficient (Wildman–Crippen LogP) is 13.9. The van der Waals surface area contributed by atoms with Crippen molar-refractivity contribution in [2.75, 3.05) is 19.8 Å². The van der Waals surface area contributed by atoms with Gasteiger partial charge < -0.3 is 14.6 Å². The zero-order valence-electron chi connectivity index (χ0n) is 32.7. The van der Waals surface area contributed by atoms with Gasteiger partial charge in [-0.1, -0.05) is 178 Å². The summed E-state index contributed by atoms with van der Waals surface area (Å²) in [6.07, 6.45) is 54.5. The second kappa shape index (κ2) is 42.5. The largest absolute Gasteiger partial charge is 0.457 e. The molecule has 49 heavy (non-hydrogen) atoms. The smallest absolute Gasteiger partial charge is 0.306 e. The van der Waals surface area contributed by atoms with Crippen molar-refractivity contribution in [1.29, 1.82) is 0 Å². The van der Waals surface area contributed by atoms with Crippen LogP contribution in [0.5, 0.6) is 0 Å². The minimum absolute atomic E-state index is 0.176. The second-order valence-electron chi connectivity index (χ2n) is 14.0. The van der Waals surface area contributed by atoms with Crippen molar-refractivity contribution in [2.24, 2.45) is 0 Å². The number of allylic oxidation sites excluding steroid dienone is 8. The standard InChI is InChI=1S/C45H82O4/c1-3-5-7-9-11-13-15-17-19-21-22-23-25-27-29-31-33-35-37-39-41-48-43-44(42-46)49-45(47)40-38-36-34-32-30-28-26-24-20-18-16-14-12-10-8-6-4-2/h6,8,12,14,17-20,44,46H,3-5,7,9-11,13,15-16,21-43H2,1-2H3/b8-6-,14-12-,19-17-,20-18-. The van der Waals surface area contributed by atoms with Gasteiger partial charge in [-0.2, -0.15) is 0 Å². The minimum Gasteiger partial charge on any atom is -0.457 e. The van der Waals surface area contributed by atoms with E-state index in [-0.39, 0.29) is 12.6 Å². The number of carbonyl (C=O) groups excluding carboxylic acids is 1. The number of ether oxygens (including phenoxy) is 2. The molecule has 0 saturated heterocycles. The van der Waals surface area contributed by atoms with Crippen molar-refractivity contribution in [3.05, 3.63) is 48.6 Å². The SMILES string of the molecule is CC/C=C\C/C=C\C/C=C\CCCCCCCCCC(=O)OC(CO)COCCCCCCCCCCCC/C=C\CCCCCCCC. The number of esters is 1. The van der Waals surface area contributed by atoms with Crippen LogP contribution in [0.3, 0.4) is 0 Å². The molecule has 0 heterocycles. The van der Waals surface area contributed by atoms with Crippen LogP contribution >= 0.6 is 0 Å². The number of aliphatic hydroxyl groups is 1. The Morgan fingerprint density at radius 2 is 0.918 bits per heavy atom. The molecule has 286 valence electrons. The van der Waals surface area contributed by atoms with Crippen LogP contribution in [0.15, 0.2) is 48.6 Å². The van der Waals surface area contributed by atoms with Gasteiger partial charge >= 0.3 is 5.97 Å². The molecule has 1 N–H and O–H groups in total. The molecule has 0 bridgehead atoms. The van der Waals surface area contributed by atoms with Gasteiger partial charge in [-0.05, 0) is 70.6 Å². The van der Waals surface area contributed by atoms with E-state index in [2.05, 4.69) is 62.5 Å². The van der Waals surface area contributed by atoms with Gasteiger partial charge in [0, 0.05) is 13.0 Å². The van der Waals surface area contributed by atoms with Gasteiger partial charge in [0.25, 0.3) is 0 Å². The Labute approximate surface area is 305 Å². The van der Waals surface area contributed by atoms with E-state index >= 15 is 0 Å². The molecule has 0 aromatic heterocycles. The lowest BCUT2D eigenvalue weighted by molar-refractivity contribution is -0.154. The lowest BCUT2D eigenvalue weighted by atomic mass is 10.1. The average Bonchev–Trinajstić information content (AvgIpc) is 3.11. The van der Waals surface area contributed by atoms with E-state index < -0.39 is 6.10 Å². The lowest BCUT2D eigenvalue weighted by Crippen LogP contribution is -2.27. The molecule has 0 aromatic rings. The molecule has 1 atom stereocenters. The van der Waals surface area contributed by atoms with Gasteiger partial charge in [0.1, 0.15) is 6.10 Å². The van der Waals surface area contributed by atoms with Crippen LogP contribution in [0.1, 0.15) is 206 Å². The average molecular weight is 687 g/mol. The van der Waals surface area contributed by atoms with E-state index in [1.165, 1.54) is 148 Å². The quantitative estimate of drug-likeness (QED) is 0.0397. The lowest BCUT2D eigenvalue weighted by Gasteiger charge is -2.16. The summed E-state index contributed by atoms with van der Waals surface area (Å²) in [4.78, 5) is 12.2. The Bertz CT molecular complexity index is 768. The molecule has 0 amide bonds. The highest BCUT2D eigenvalue weighted by atomic mass is 16.6. The first-order valence-corrected chi connectivity index (χ1v) is 21.2. The van der Waals surface area contributed by atoms with Crippen molar-refractivity contribution >= 4 is 5.97 Å². The third-order valence-electron chi connectivity index (χ3n) is 9.14. The number of unbranched alkanes of at least 4 members (excludes halogenated alkanes) is 23. The van der Waals surface area contributed by atoms with E-state index in [9.17, 15) is 9.90 Å². The zero-order valence-corrected chi connectivity index (χ0v) is 32.7. The fraction of sp³-hybridized carbons (Fsp3) is 0.800. The number of hydrogen-bond donors (Lipinski definition) is 1. The normalized spacial score (nSPS) is 12.8. The topological polar surface area (TPSA) is 55.8 Å². The summed E-state index contributed by atoms with van der Waals surface area (Å²) in [5, 5.41) is 9.60. The van der Waals surface area contributed by atoms with Gasteiger partial charge in [-0.15, -0.1) is 0 Å². The van der Waals surface area contributed by atoms with Gasteiger partial charge in [0.15, 0.2) is 0 Å². The maximum Gasteiger partial charge on any atom is 0.306 e. The van der Waals surface area contributed by atoms with E-state index in [0.29, 0.717) is 19.6 Å². The van der Waals surface area contributed by atoms with E-state index in [1.54, 1.807) is 0 Å².